The van der Waals surface area contributed by atoms with Crippen molar-refractivity contribution in [1.29, 1.82) is 0 Å². The molecule has 0 bridgehead atoms. The van der Waals surface area contributed by atoms with Crippen molar-refractivity contribution in [3.05, 3.63) is 0 Å². The summed E-state index contributed by atoms with van der Waals surface area (Å²) in [5.74, 6) is 2.06. The van der Waals surface area contributed by atoms with Gasteiger partial charge < -0.3 is 10.1 Å². The summed E-state index contributed by atoms with van der Waals surface area (Å²) in [4.78, 5) is 11.2. The zero-order valence-electron chi connectivity index (χ0n) is 10.0. The van der Waals surface area contributed by atoms with Crippen LogP contribution in [-0.4, -0.2) is 37.7 Å². The molecule has 0 aromatic rings. The van der Waals surface area contributed by atoms with Crippen molar-refractivity contribution in [1.82, 2.24) is 5.32 Å². The number of nitrogens with one attached hydrogen (secondary N) is 1. The number of likely N-dealkylation sites (N-methyl/N-ethyl adjacent to an activating group) is 1. The minimum absolute atomic E-state index is 0.145. The molecule has 0 heterocycles. The molecule has 0 radical (unpaired) electrons. The van der Waals surface area contributed by atoms with Crippen LogP contribution in [0.3, 0.4) is 0 Å². The van der Waals surface area contributed by atoms with Crippen LogP contribution in [0.25, 0.3) is 0 Å². The molecule has 0 aromatic carbocycles. The molecule has 0 rings (SSSR count). The van der Waals surface area contributed by atoms with Crippen LogP contribution in [0.15, 0.2) is 0 Å². The van der Waals surface area contributed by atoms with Crippen LogP contribution >= 0.6 is 11.8 Å². The van der Waals surface area contributed by atoms with E-state index in [4.69, 9.17) is 0 Å². The van der Waals surface area contributed by atoms with E-state index in [9.17, 15) is 4.79 Å². The number of hydrogen-bond acceptors (Lipinski definition) is 4. The van der Waals surface area contributed by atoms with Gasteiger partial charge in [0.2, 0.25) is 0 Å². The topological polar surface area (TPSA) is 38.3 Å². The molecule has 1 N–H and O–H groups in total. The molecule has 0 aliphatic carbocycles. The highest BCUT2D eigenvalue weighted by Gasteiger charge is 2.15. The van der Waals surface area contributed by atoms with Crippen molar-refractivity contribution in [3.63, 3.8) is 0 Å². The second kappa shape index (κ2) is 10.3. The molecule has 15 heavy (non-hydrogen) atoms. The first-order valence-corrected chi connectivity index (χ1v) is 6.74. The number of thioether (sulfide) groups is 1. The van der Waals surface area contributed by atoms with Gasteiger partial charge in [-0.25, -0.2) is 0 Å². The Hall–Kier alpha value is -0.220. The molecule has 90 valence electrons. The fraction of sp³-hybridized carbons (Fsp3) is 0.909. The largest absolute Gasteiger partial charge is 0.468 e. The number of ether oxygens (including phenoxy) is 1. The van der Waals surface area contributed by atoms with E-state index in [1.807, 2.05) is 11.8 Å². The van der Waals surface area contributed by atoms with E-state index in [0.717, 1.165) is 12.2 Å². The molecule has 0 spiro atoms. The van der Waals surface area contributed by atoms with Crippen LogP contribution in [0.2, 0.25) is 0 Å². The van der Waals surface area contributed by atoms with Gasteiger partial charge in [0.05, 0.1) is 7.11 Å². The first-order valence-electron chi connectivity index (χ1n) is 5.59. The second-order valence-corrected chi connectivity index (χ2v) is 4.70. The highest BCUT2D eigenvalue weighted by molar-refractivity contribution is 7.99. The minimum atomic E-state index is -0.161. The first-order chi connectivity index (χ1) is 7.26. The summed E-state index contributed by atoms with van der Waals surface area (Å²) in [6.07, 6.45) is 4.70. The Morgan fingerprint density at radius 1 is 1.40 bits per heavy atom. The van der Waals surface area contributed by atoms with Gasteiger partial charge in [-0.1, -0.05) is 19.8 Å². The van der Waals surface area contributed by atoms with Gasteiger partial charge >= 0.3 is 5.97 Å². The molecule has 1 unspecified atom stereocenters. The third kappa shape index (κ3) is 7.68. The molecule has 3 nitrogen and oxygen atoms in total. The maximum atomic E-state index is 11.2. The van der Waals surface area contributed by atoms with Gasteiger partial charge in [0, 0.05) is 0 Å². The summed E-state index contributed by atoms with van der Waals surface area (Å²) >= 11 is 1.92. The van der Waals surface area contributed by atoms with Gasteiger partial charge in [-0.15, -0.1) is 0 Å². The standard InChI is InChI=1S/C11H23NO2S/c1-4-5-6-8-15-9-7-10(12-2)11(13)14-3/h10,12H,4-9H2,1-3H3. The number of carbonyl (C=O) groups is 1. The van der Waals surface area contributed by atoms with Crippen LogP contribution in [0.4, 0.5) is 0 Å². The lowest BCUT2D eigenvalue weighted by molar-refractivity contribution is -0.143. The lowest BCUT2D eigenvalue weighted by Gasteiger charge is -2.12. The van der Waals surface area contributed by atoms with Crippen LogP contribution in [-0.2, 0) is 9.53 Å². The summed E-state index contributed by atoms with van der Waals surface area (Å²) in [5, 5.41) is 2.97. The molecule has 0 fully saturated rings. The lowest BCUT2D eigenvalue weighted by atomic mass is 10.2. The number of hydrogen-bond donors (Lipinski definition) is 1. The SMILES string of the molecule is CCCCCSCCC(NC)C(=O)OC. The van der Waals surface area contributed by atoms with Gasteiger partial charge in [-0.2, -0.15) is 11.8 Å². The molecule has 1 atom stereocenters. The number of carbonyl (C=O) groups excluding carboxylic acids is 1. The molecule has 0 aliphatic rings. The van der Waals surface area contributed by atoms with Crippen molar-refractivity contribution in [2.75, 3.05) is 25.7 Å². The maximum Gasteiger partial charge on any atom is 0.322 e. The Labute approximate surface area is 97.3 Å². The quantitative estimate of drug-likeness (QED) is 0.489. The predicted octanol–water partition coefficient (Wildman–Crippen LogP) is 2.06. The van der Waals surface area contributed by atoms with E-state index in [1.165, 1.54) is 32.1 Å². The van der Waals surface area contributed by atoms with Crippen molar-refractivity contribution in [2.24, 2.45) is 0 Å². The zero-order chi connectivity index (χ0) is 11.5. The van der Waals surface area contributed by atoms with E-state index >= 15 is 0 Å². The second-order valence-electron chi connectivity index (χ2n) is 3.47. The Balaban J connectivity index is 3.42. The predicted molar refractivity (Wildman–Crippen MR) is 66.3 cm³/mol. The molecule has 0 aliphatic heterocycles. The summed E-state index contributed by atoms with van der Waals surface area (Å²) in [6, 6.07) is -0.145. The normalized spacial score (nSPS) is 12.5. The summed E-state index contributed by atoms with van der Waals surface area (Å²) in [7, 11) is 3.23. The minimum Gasteiger partial charge on any atom is -0.468 e. The maximum absolute atomic E-state index is 11.2. The summed E-state index contributed by atoms with van der Waals surface area (Å²) < 4.78 is 4.69. The zero-order valence-corrected chi connectivity index (χ0v) is 10.9. The van der Waals surface area contributed by atoms with Crippen LogP contribution in [0.1, 0.15) is 32.6 Å². The third-order valence-corrected chi connectivity index (χ3v) is 3.38. The molecule has 4 heteroatoms. The van der Waals surface area contributed by atoms with Crippen molar-refractivity contribution < 1.29 is 9.53 Å². The Kier molecular flexibility index (Phi) is 10.2. The van der Waals surface area contributed by atoms with Gasteiger partial charge in [0.15, 0.2) is 0 Å². The van der Waals surface area contributed by atoms with E-state index in [2.05, 4.69) is 17.0 Å². The van der Waals surface area contributed by atoms with Gasteiger partial charge in [-0.3, -0.25) is 4.79 Å². The molecule has 0 amide bonds. The number of methoxy groups -OCH3 is 1. The third-order valence-electron chi connectivity index (χ3n) is 2.28. The van der Waals surface area contributed by atoms with Gasteiger partial charge in [0.1, 0.15) is 6.04 Å². The van der Waals surface area contributed by atoms with Gasteiger partial charge in [-0.05, 0) is 31.4 Å². The average Bonchev–Trinajstić information content (AvgIpc) is 2.27. The summed E-state index contributed by atoms with van der Waals surface area (Å²) in [5.41, 5.74) is 0. The molecule has 0 saturated heterocycles. The van der Waals surface area contributed by atoms with E-state index < -0.39 is 0 Å². The van der Waals surface area contributed by atoms with Crippen LogP contribution < -0.4 is 5.32 Å². The smallest absolute Gasteiger partial charge is 0.322 e. The monoisotopic (exact) mass is 233 g/mol. The lowest BCUT2D eigenvalue weighted by Crippen LogP contribution is -2.35. The van der Waals surface area contributed by atoms with E-state index in [-0.39, 0.29) is 12.0 Å². The highest BCUT2D eigenvalue weighted by Crippen LogP contribution is 2.09. The number of esters is 1. The highest BCUT2D eigenvalue weighted by atomic mass is 32.2. The molecular formula is C11H23NO2S. The van der Waals surface area contributed by atoms with Crippen molar-refractivity contribution >= 4 is 17.7 Å². The fourth-order valence-corrected chi connectivity index (χ4v) is 2.29. The van der Waals surface area contributed by atoms with Crippen molar-refractivity contribution in [3.8, 4) is 0 Å². The summed E-state index contributed by atoms with van der Waals surface area (Å²) in [6.45, 7) is 2.21. The fourth-order valence-electron chi connectivity index (χ4n) is 1.28. The number of rotatable bonds is 9. The van der Waals surface area contributed by atoms with Crippen molar-refractivity contribution in [2.45, 2.75) is 38.6 Å². The molecular weight excluding hydrogens is 210 g/mol. The van der Waals surface area contributed by atoms with E-state index in [0.29, 0.717) is 0 Å². The molecule has 0 saturated carbocycles. The van der Waals surface area contributed by atoms with Gasteiger partial charge in [0.25, 0.3) is 0 Å². The Morgan fingerprint density at radius 3 is 2.67 bits per heavy atom. The number of unbranched alkanes of at least 4 members (excludes halogenated alkanes) is 2. The Bertz CT molecular complexity index is 165. The first kappa shape index (κ1) is 14.8. The average molecular weight is 233 g/mol. The Morgan fingerprint density at radius 2 is 2.13 bits per heavy atom. The van der Waals surface area contributed by atoms with E-state index in [1.54, 1.807) is 7.05 Å². The van der Waals surface area contributed by atoms with Crippen LogP contribution in [0.5, 0.6) is 0 Å². The van der Waals surface area contributed by atoms with Crippen LogP contribution in [0, 0.1) is 0 Å². The molecule has 0 aromatic heterocycles.